The first-order chi connectivity index (χ1) is 13.9. The zero-order valence-electron chi connectivity index (χ0n) is 16.9. The average molecular weight is 426 g/mol. The summed E-state index contributed by atoms with van der Waals surface area (Å²) in [5, 5.41) is 4.10. The minimum absolute atomic E-state index is 0.125. The summed E-state index contributed by atoms with van der Waals surface area (Å²) in [6.07, 6.45) is 3.68. The molecule has 4 heterocycles. The monoisotopic (exact) mass is 425 g/mol. The van der Waals surface area contributed by atoms with Crippen LogP contribution in [0.15, 0.2) is 0 Å². The normalized spacial score (nSPS) is 29.8. The van der Waals surface area contributed by atoms with Gasteiger partial charge in [0, 0.05) is 61.9 Å². The summed E-state index contributed by atoms with van der Waals surface area (Å²) in [6, 6.07) is 0.840. The van der Waals surface area contributed by atoms with Gasteiger partial charge in [-0.05, 0) is 32.7 Å². The molecule has 0 spiro atoms. The Morgan fingerprint density at radius 2 is 1.86 bits per heavy atom. The third kappa shape index (κ3) is 3.83. The van der Waals surface area contributed by atoms with Crippen molar-refractivity contribution < 1.29 is 13.6 Å². The highest BCUT2D eigenvalue weighted by Gasteiger charge is 2.41. The lowest BCUT2D eigenvalue weighted by Crippen LogP contribution is -2.52. The number of rotatable bonds is 2. The Morgan fingerprint density at radius 1 is 1.17 bits per heavy atom. The van der Waals surface area contributed by atoms with E-state index in [1.54, 1.807) is 11.3 Å². The first kappa shape index (κ1) is 19.5. The van der Waals surface area contributed by atoms with Gasteiger partial charge in [-0.1, -0.05) is 11.3 Å². The van der Waals surface area contributed by atoms with Crippen LogP contribution < -0.4 is 10.2 Å². The molecule has 0 radical (unpaired) electrons. The van der Waals surface area contributed by atoms with Crippen LogP contribution in [0.1, 0.15) is 49.1 Å². The average Bonchev–Trinajstić information content (AvgIpc) is 3.21. The van der Waals surface area contributed by atoms with E-state index in [0.29, 0.717) is 38.0 Å². The summed E-state index contributed by atoms with van der Waals surface area (Å²) < 4.78 is 26.7. The lowest BCUT2D eigenvalue weighted by molar-refractivity contribution is -0.0398. The van der Waals surface area contributed by atoms with Crippen molar-refractivity contribution in [3.8, 4) is 0 Å². The smallest absolute Gasteiger partial charge is 0.317 e. The molecule has 6 nitrogen and oxygen atoms in total. The number of carbonyl (C=O) groups is 1. The third-order valence-corrected chi connectivity index (χ3v) is 8.03. The van der Waals surface area contributed by atoms with Crippen LogP contribution >= 0.6 is 11.3 Å². The highest BCUT2D eigenvalue weighted by atomic mass is 32.1. The number of carbonyl (C=O) groups excluding carboxylic acids is 1. The second kappa shape index (κ2) is 7.34. The van der Waals surface area contributed by atoms with Gasteiger partial charge in [0.1, 0.15) is 0 Å². The number of likely N-dealkylation sites (tertiary alicyclic amines) is 1. The topological polar surface area (TPSA) is 51.7 Å². The summed E-state index contributed by atoms with van der Waals surface area (Å²) in [4.78, 5) is 25.6. The van der Waals surface area contributed by atoms with E-state index in [2.05, 4.69) is 22.2 Å². The quantitative estimate of drug-likeness (QED) is 0.791. The number of anilines is 1. The summed E-state index contributed by atoms with van der Waals surface area (Å²) in [5.74, 6) is -2.57. The van der Waals surface area contributed by atoms with Crippen molar-refractivity contribution in [2.24, 2.45) is 0 Å². The fourth-order valence-corrected chi connectivity index (χ4v) is 6.61. The minimum atomic E-state index is -2.57. The van der Waals surface area contributed by atoms with Crippen molar-refractivity contribution in [2.45, 2.75) is 75.5 Å². The summed E-state index contributed by atoms with van der Waals surface area (Å²) >= 11 is 1.73. The molecule has 0 aromatic carbocycles. The molecule has 4 aliphatic rings. The molecule has 2 bridgehead atoms. The number of urea groups is 1. The lowest BCUT2D eigenvalue weighted by atomic mass is 9.92. The molecular formula is C20H29F2N5OS. The standard InChI is InChI=1S/C20H29F2N5OS/c1-25-10-14-2-3-15(11-25)27(14)19-24-16-6-9-26(12-17(16)29-19)18(28)23-13-4-7-20(21,22)8-5-13/h13-15H,2-12H2,1H3,(H,23,28). The Bertz CT molecular complexity index is 763. The van der Waals surface area contributed by atoms with Crippen LogP contribution in [0.5, 0.6) is 0 Å². The second-order valence-electron chi connectivity index (χ2n) is 9.13. The number of nitrogens with one attached hydrogen (secondary N) is 1. The molecule has 2 unspecified atom stereocenters. The fraction of sp³-hybridized carbons (Fsp3) is 0.800. The Labute approximate surface area is 174 Å². The molecule has 1 aliphatic carbocycles. The number of piperazine rings is 1. The molecule has 2 amide bonds. The van der Waals surface area contributed by atoms with Crippen LogP contribution in [0.3, 0.4) is 0 Å². The van der Waals surface area contributed by atoms with Gasteiger partial charge in [-0.25, -0.2) is 18.6 Å². The summed E-state index contributed by atoms with van der Waals surface area (Å²) in [6.45, 7) is 3.40. The molecule has 160 valence electrons. The number of hydrogen-bond donors (Lipinski definition) is 1. The van der Waals surface area contributed by atoms with Gasteiger partial charge in [-0.15, -0.1) is 0 Å². The predicted molar refractivity (Wildman–Crippen MR) is 109 cm³/mol. The SMILES string of the molecule is CN1CC2CCC(C1)N2c1nc2c(s1)CN(C(=O)NC1CCC(F)(F)CC1)CC2. The maximum absolute atomic E-state index is 13.3. The van der Waals surface area contributed by atoms with Gasteiger partial charge in [0.15, 0.2) is 5.13 Å². The van der Waals surface area contributed by atoms with Crippen LogP contribution in [-0.2, 0) is 13.0 Å². The van der Waals surface area contributed by atoms with Gasteiger partial charge in [-0.2, -0.15) is 0 Å². The van der Waals surface area contributed by atoms with E-state index in [9.17, 15) is 13.6 Å². The zero-order chi connectivity index (χ0) is 20.2. The first-order valence-electron chi connectivity index (χ1n) is 10.8. The van der Waals surface area contributed by atoms with Crippen molar-refractivity contribution >= 4 is 22.5 Å². The summed E-state index contributed by atoms with van der Waals surface area (Å²) in [5.41, 5.74) is 1.13. The number of aromatic nitrogens is 1. The van der Waals surface area contributed by atoms with E-state index in [1.807, 2.05) is 4.90 Å². The van der Waals surface area contributed by atoms with Crippen molar-refractivity contribution in [1.82, 2.24) is 20.1 Å². The number of amides is 2. The number of alkyl halides is 2. The molecule has 2 saturated heterocycles. The Kier molecular flexibility index (Phi) is 4.93. The number of thiazole rings is 1. The molecule has 1 saturated carbocycles. The molecule has 1 aromatic rings. The number of likely N-dealkylation sites (N-methyl/N-ethyl adjacent to an activating group) is 1. The maximum Gasteiger partial charge on any atom is 0.317 e. The van der Waals surface area contributed by atoms with E-state index < -0.39 is 5.92 Å². The van der Waals surface area contributed by atoms with Crippen molar-refractivity contribution in [2.75, 3.05) is 31.6 Å². The second-order valence-corrected chi connectivity index (χ2v) is 10.2. The molecule has 5 rings (SSSR count). The first-order valence-corrected chi connectivity index (χ1v) is 11.6. The number of halogens is 2. The molecule has 9 heteroatoms. The van der Waals surface area contributed by atoms with E-state index in [4.69, 9.17) is 4.98 Å². The van der Waals surface area contributed by atoms with E-state index in [-0.39, 0.29) is 24.9 Å². The number of fused-ring (bicyclic) bond motifs is 3. The van der Waals surface area contributed by atoms with Crippen molar-refractivity contribution in [3.63, 3.8) is 0 Å². The van der Waals surface area contributed by atoms with Gasteiger partial charge >= 0.3 is 6.03 Å². The third-order valence-electron chi connectivity index (χ3n) is 6.94. The molecule has 3 fully saturated rings. The highest BCUT2D eigenvalue weighted by molar-refractivity contribution is 7.15. The van der Waals surface area contributed by atoms with Crippen LogP contribution in [0, 0.1) is 0 Å². The van der Waals surface area contributed by atoms with Crippen molar-refractivity contribution in [1.29, 1.82) is 0 Å². The molecule has 2 atom stereocenters. The van der Waals surface area contributed by atoms with Gasteiger partial charge < -0.3 is 20.0 Å². The molecule has 3 aliphatic heterocycles. The Hall–Kier alpha value is -1.48. The number of nitrogens with zero attached hydrogens (tertiary/aromatic N) is 4. The van der Waals surface area contributed by atoms with Gasteiger partial charge in [0.05, 0.1) is 12.2 Å². The predicted octanol–water partition coefficient (Wildman–Crippen LogP) is 3.07. The lowest BCUT2D eigenvalue weighted by Gasteiger charge is -2.39. The van der Waals surface area contributed by atoms with Crippen LogP contribution in [-0.4, -0.2) is 71.5 Å². The highest BCUT2D eigenvalue weighted by Crippen LogP contribution is 2.39. The van der Waals surface area contributed by atoms with E-state index in [0.717, 1.165) is 30.3 Å². The zero-order valence-corrected chi connectivity index (χ0v) is 17.7. The van der Waals surface area contributed by atoms with Crippen LogP contribution in [0.25, 0.3) is 0 Å². The van der Waals surface area contributed by atoms with Crippen molar-refractivity contribution in [3.05, 3.63) is 10.6 Å². The molecular weight excluding hydrogens is 396 g/mol. The molecule has 1 N–H and O–H groups in total. The Balaban J connectivity index is 1.22. The van der Waals surface area contributed by atoms with Gasteiger partial charge in [-0.3, -0.25) is 0 Å². The largest absolute Gasteiger partial charge is 0.340 e. The minimum Gasteiger partial charge on any atom is -0.340 e. The van der Waals surface area contributed by atoms with Crippen LogP contribution in [0.2, 0.25) is 0 Å². The van der Waals surface area contributed by atoms with Gasteiger partial charge in [0.2, 0.25) is 5.92 Å². The molecule has 29 heavy (non-hydrogen) atoms. The van der Waals surface area contributed by atoms with E-state index in [1.165, 1.54) is 17.7 Å². The van der Waals surface area contributed by atoms with Crippen LogP contribution in [0.4, 0.5) is 18.7 Å². The Morgan fingerprint density at radius 3 is 2.55 bits per heavy atom. The number of hydrogen-bond acceptors (Lipinski definition) is 5. The summed E-state index contributed by atoms with van der Waals surface area (Å²) in [7, 11) is 2.19. The molecule has 1 aromatic heterocycles. The fourth-order valence-electron chi connectivity index (χ4n) is 5.34. The maximum atomic E-state index is 13.3. The van der Waals surface area contributed by atoms with E-state index >= 15 is 0 Å². The van der Waals surface area contributed by atoms with Gasteiger partial charge in [0.25, 0.3) is 0 Å².